The summed E-state index contributed by atoms with van der Waals surface area (Å²) in [6.07, 6.45) is 2.46. The third-order valence-corrected chi connectivity index (χ3v) is 2.95. The van der Waals surface area contributed by atoms with Gasteiger partial charge in [0.15, 0.2) is 7.98 Å². The van der Waals surface area contributed by atoms with Gasteiger partial charge in [0.1, 0.15) is 0 Å². The molecule has 2 nitrogen and oxygen atoms in total. The Kier molecular flexibility index (Phi) is 5.28. The first-order valence-electron chi connectivity index (χ1n) is 5.44. The van der Waals surface area contributed by atoms with Crippen molar-refractivity contribution in [2.24, 2.45) is 0 Å². The van der Waals surface area contributed by atoms with Gasteiger partial charge in [-0.05, 0) is 34.2 Å². The minimum atomic E-state index is 0.0566. The standard InChI is InChI=1S/C11H25BN2/c1-7-8-9-14(10(2)3)11(4,5)13(6)12/h2,7-9,12H2,1,3-6H3. The van der Waals surface area contributed by atoms with E-state index in [0.717, 1.165) is 12.2 Å². The minimum absolute atomic E-state index is 0.0566. The molecule has 0 atom stereocenters. The fourth-order valence-electron chi connectivity index (χ4n) is 1.49. The molecule has 3 heteroatoms. The van der Waals surface area contributed by atoms with E-state index in [1.165, 1.54) is 12.8 Å². The summed E-state index contributed by atoms with van der Waals surface area (Å²) in [5.41, 5.74) is 1.21. The first kappa shape index (κ1) is 13.6. The second kappa shape index (κ2) is 5.45. The lowest BCUT2D eigenvalue weighted by molar-refractivity contribution is 0.0657. The van der Waals surface area contributed by atoms with E-state index in [-0.39, 0.29) is 5.66 Å². The normalized spacial score (nSPS) is 11.9. The van der Waals surface area contributed by atoms with Crippen molar-refractivity contribution in [2.45, 2.75) is 46.2 Å². The SMILES string of the molecule is BN(C)C(C)(C)N(CCCC)C(=C)C. The predicted octanol–water partition coefficient (Wildman–Crippen LogP) is 1.84. The molecule has 0 heterocycles. The van der Waals surface area contributed by atoms with Gasteiger partial charge in [-0.2, -0.15) is 0 Å². The van der Waals surface area contributed by atoms with Crippen LogP contribution in [0.2, 0.25) is 0 Å². The Balaban J connectivity index is 4.55. The molecule has 0 rings (SSSR count). The molecule has 0 aliphatic carbocycles. The molecule has 0 aromatic rings. The molecule has 0 aliphatic heterocycles. The van der Waals surface area contributed by atoms with E-state index in [0.29, 0.717) is 0 Å². The van der Waals surface area contributed by atoms with Crippen LogP contribution in [-0.4, -0.2) is 36.9 Å². The van der Waals surface area contributed by atoms with Crippen molar-refractivity contribution in [3.05, 3.63) is 12.3 Å². The molecule has 82 valence electrons. The molecule has 0 saturated carbocycles. The van der Waals surface area contributed by atoms with Gasteiger partial charge < -0.3 is 9.71 Å². The van der Waals surface area contributed by atoms with Crippen molar-refractivity contribution < 1.29 is 0 Å². The van der Waals surface area contributed by atoms with Gasteiger partial charge in [-0.25, -0.2) is 0 Å². The van der Waals surface area contributed by atoms with E-state index in [4.69, 9.17) is 0 Å². The summed E-state index contributed by atoms with van der Waals surface area (Å²) < 4.78 is 0. The number of rotatable bonds is 6. The maximum atomic E-state index is 4.06. The fourth-order valence-corrected chi connectivity index (χ4v) is 1.49. The molecule has 0 unspecified atom stereocenters. The Labute approximate surface area is 90.4 Å². The summed E-state index contributed by atoms with van der Waals surface area (Å²) in [4.78, 5) is 4.61. The van der Waals surface area contributed by atoms with Crippen molar-refractivity contribution in [3.8, 4) is 0 Å². The maximum absolute atomic E-state index is 4.06. The first-order chi connectivity index (χ1) is 6.34. The van der Waals surface area contributed by atoms with Crippen LogP contribution in [0.25, 0.3) is 0 Å². The number of hydrogen-bond donors (Lipinski definition) is 0. The highest BCUT2D eigenvalue weighted by molar-refractivity contribution is 6.04. The van der Waals surface area contributed by atoms with Gasteiger partial charge in [-0.1, -0.05) is 19.9 Å². The van der Waals surface area contributed by atoms with Crippen LogP contribution in [0.15, 0.2) is 12.3 Å². The van der Waals surface area contributed by atoms with Gasteiger partial charge in [0.25, 0.3) is 0 Å². The van der Waals surface area contributed by atoms with E-state index >= 15 is 0 Å². The molecule has 0 aliphatic rings. The number of allylic oxidation sites excluding steroid dienone is 1. The van der Waals surface area contributed by atoms with Crippen LogP contribution in [-0.2, 0) is 0 Å². The molecule has 0 radical (unpaired) electrons. The lowest BCUT2D eigenvalue weighted by atomic mass is 10.1. The average molecular weight is 196 g/mol. The van der Waals surface area contributed by atoms with E-state index < -0.39 is 0 Å². The van der Waals surface area contributed by atoms with Crippen molar-refractivity contribution in [3.63, 3.8) is 0 Å². The average Bonchev–Trinajstić information content (AvgIpc) is 2.03. The third kappa shape index (κ3) is 3.37. The van der Waals surface area contributed by atoms with Gasteiger partial charge in [0.05, 0.1) is 5.66 Å². The van der Waals surface area contributed by atoms with Crippen LogP contribution in [0.4, 0.5) is 0 Å². The van der Waals surface area contributed by atoms with Gasteiger partial charge in [0, 0.05) is 12.2 Å². The maximum Gasteiger partial charge on any atom is 0.187 e. The Bertz CT molecular complexity index is 188. The highest BCUT2D eigenvalue weighted by Crippen LogP contribution is 2.21. The van der Waals surface area contributed by atoms with E-state index in [1.54, 1.807) is 0 Å². The van der Waals surface area contributed by atoms with Crippen LogP contribution < -0.4 is 0 Å². The molecule has 0 bridgehead atoms. The molecule has 0 N–H and O–H groups in total. The summed E-state index contributed by atoms with van der Waals surface area (Å²) >= 11 is 0. The topological polar surface area (TPSA) is 6.48 Å². The van der Waals surface area contributed by atoms with Gasteiger partial charge in [0.2, 0.25) is 0 Å². The molecular weight excluding hydrogens is 171 g/mol. The summed E-state index contributed by atoms with van der Waals surface area (Å²) in [5.74, 6) is 0. The number of nitrogens with zero attached hydrogens (tertiary/aromatic N) is 2. The molecular formula is C11H25BN2. The second-order valence-corrected chi connectivity index (χ2v) is 4.63. The highest BCUT2D eigenvalue weighted by Gasteiger charge is 2.27. The zero-order chi connectivity index (χ0) is 11.4. The minimum Gasteiger partial charge on any atom is -0.359 e. The summed E-state index contributed by atoms with van der Waals surface area (Å²) in [6.45, 7) is 13.9. The molecule has 0 aromatic carbocycles. The Morgan fingerprint density at radius 1 is 1.43 bits per heavy atom. The first-order valence-corrected chi connectivity index (χ1v) is 5.44. The lowest BCUT2D eigenvalue weighted by Crippen LogP contribution is -2.53. The number of hydrogen-bond acceptors (Lipinski definition) is 2. The van der Waals surface area contributed by atoms with Crippen molar-refractivity contribution >= 4 is 7.98 Å². The fraction of sp³-hybridized carbons (Fsp3) is 0.818. The van der Waals surface area contributed by atoms with Gasteiger partial charge in [-0.3, -0.25) is 0 Å². The van der Waals surface area contributed by atoms with E-state index in [9.17, 15) is 0 Å². The van der Waals surface area contributed by atoms with E-state index in [2.05, 4.69) is 59.0 Å². The van der Waals surface area contributed by atoms with Crippen LogP contribution in [0.3, 0.4) is 0 Å². The molecule has 0 fully saturated rings. The Morgan fingerprint density at radius 3 is 2.21 bits per heavy atom. The zero-order valence-corrected chi connectivity index (χ0v) is 10.7. The lowest BCUT2D eigenvalue weighted by Gasteiger charge is -2.45. The predicted molar refractivity (Wildman–Crippen MR) is 66.8 cm³/mol. The third-order valence-electron chi connectivity index (χ3n) is 2.95. The zero-order valence-electron chi connectivity index (χ0n) is 10.7. The largest absolute Gasteiger partial charge is 0.359 e. The summed E-state index contributed by atoms with van der Waals surface area (Å²) in [6, 6.07) is 0. The van der Waals surface area contributed by atoms with E-state index in [1.807, 2.05) is 0 Å². The van der Waals surface area contributed by atoms with Crippen molar-refractivity contribution in [2.75, 3.05) is 13.6 Å². The molecule has 0 amide bonds. The molecule has 14 heavy (non-hydrogen) atoms. The Morgan fingerprint density at radius 2 is 1.93 bits per heavy atom. The van der Waals surface area contributed by atoms with Crippen LogP contribution >= 0.6 is 0 Å². The number of unbranched alkanes of at least 4 members (excludes halogenated alkanes) is 1. The van der Waals surface area contributed by atoms with Crippen LogP contribution in [0.5, 0.6) is 0 Å². The summed E-state index contributed by atoms with van der Waals surface area (Å²) in [5, 5.41) is 0. The van der Waals surface area contributed by atoms with Crippen LogP contribution in [0.1, 0.15) is 40.5 Å². The second-order valence-electron chi connectivity index (χ2n) is 4.63. The molecule has 0 aromatic heterocycles. The van der Waals surface area contributed by atoms with Crippen LogP contribution in [0, 0.1) is 0 Å². The van der Waals surface area contributed by atoms with Gasteiger partial charge >= 0.3 is 0 Å². The monoisotopic (exact) mass is 196 g/mol. The molecule has 0 spiro atoms. The van der Waals surface area contributed by atoms with Gasteiger partial charge in [-0.15, -0.1) is 0 Å². The van der Waals surface area contributed by atoms with Crippen molar-refractivity contribution in [1.82, 2.24) is 9.71 Å². The smallest absolute Gasteiger partial charge is 0.187 e. The molecule has 0 saturated heterocycles. The summed E-state index contributed by atoms with van der Waals surface area (Å²) in [7, 11) is 4.23. The quantitative estimate of drug-likeness (QED) is 0.472. The van der Waals surface area contributed by atoms with Crippen molar-refractivity contribution in [1.29, 1.82) is 0 Å². The Hall–Kier alpha value is -0.435. The highest BCUT2D eigenvalue weighted by atomic mass is 15.4.